The van der Waals surface area contributed by atoms with E-state index in [0.29, 0.717) is 18.7 Å². The van der Waals surface area contributed by atoms with Gasteiger partial charge in [-0.15, -0.1) is 24.0 Å². The first kappa shape index (κ1) is 26.5. The molecule has 1 saturated heterocycles. The molecular formula is C24H34FIN4O2. The molecule has 2 N–H and O–H groups in total. The van der Waals surface area contributed by atoms with Crippen LogP contribution in [0.15, 0.2) is 47.5 Å². The number of ether oxygens (including phenoxy) is 2. The lowest BCUT2D eigenvalue weighted by atomic mass is 10.1. The number of rotatable bonds is 9. The Hall–Kier alpha value is -1.75. The maximum Gasteiger partial charge on any atom is 0.191 e. The minimum atomic E-state index is -0.253. The average molecular weight is 556 g/mol. The van der Waals surface area contributed by atoms with E-state index < -0.39 is 0 Å². The first-order valence-electron chi connectivity index (χ1n) is 10.8. The van der Waals surface area contributed by atoms with Crippen molar-refractivity contribution in [2.75, 3.05) is 40.0 Å². The van der Waals surface area contributed by atoms with Gasteiger partial charge in [-0.1, -0.05) is 30.3 Å². The van der Waals surface area contributed by atoms with Crippen LogP contribution >= 0.6 is 24.0 Å². The number of guanidine groups is 1. The molecule has 32 heavy (non-hydrogen) atoms. The zero-order valence-corrected chi connectivity index (χ0v) is 21.2. The summed E-state index contributed by atoms with van der Waals surface area (Å²) in [4.78, 5) is 7.10. The predicted molar refractivity (Wildman–Crippen MR) is 137 cm³/mol. The zero-order valence-electron chi connectivity index (χ0n) is 18.9. The summed E-state index contributed by atoms with van der Waals surface area (Å²) in [5.74, 6) is 0.484. The first-order valence-corrected chi connectivity index (χ1v) is 10.8. The van der Waals surface area contributed by atoms with E-state index >= 15 is 0 Å². The Balaban J connectivity index is 0.00000363. The molecule has 3 rings (SSSR count). The van der Waals surface area contributed by atoms with E-state index in [-0.39, 0.29) is 36.4 Å². The zero-order chi connectivity index (χ0) is 21.9. The summed E-state index contributed by atoms with van der Waals surface area (Å²) in [6, 6.07) is 13.5. The number of benzene rings is 2. The highest BCUT2D eigenvalue weighted by molar-refractivity contribution is 14.0. The van der Waals surface area contributed by atoms with Crippen LogP contribution in [0.5, 0.6) is 0 Å². The summed E-state index contributed by atoms with van der Waals surface area (Å²) >= 11 is 0. The van der Waals surface area contributed by atoms with Gasteiger partial charge in [0.05, 0.1) is 26.4 Å². The van der Waals surface area contributed by atoms with Gasteiger partial charge in [0.2, 0.25) is 0 Å². The lowest BCUT2D eigenvalue weighted by molar-refractivity contribution is 0.0341. The molecule has 8 heteroatoms. The molecule has 1 heterocycles. The fourth-order valence-corrected chi connectivity index (χ4v) is 3.57. The van der Waals surface area contributed by atoms with Gasteiger partial charge in [-0.2, -0.15) is 0 Å². The van der Waals surface area contributed by atoms with E-state index in [1.54, 1.807) is 13.2 Å². The fourth-order valence-electron chi connectivity index (χ4n) is 3.57. The van der Waals surface area contributed by atoms with Crippen molar-refractivity contribution in [1.29, 1.82) is 0 Å². The van der Waals surface area contributed by atoms with E-state index in [2.05, 4.69) is 44.8 Å². The molecule has 0 unspecified atom stereocenters. The van der Waals surface area contributed by atoms with E-state index in [1.165, 1.54) is 17.2 Å². The quantitative estimate of drug-likeness (QED) is 0.281. The highest BCUT2D eigenvalue weighted by atomic mass is 127. The van der Waals surface area contributed by atoms with Crippen LogP contribution in [0.1, 0.15) is 29.2 Å². The topological polar surface area (TPSA) is 58.1 Å². The maximum atomic E-state index is 13.8. The van der Waals surface area contributed by atoms with Crippen molar-refractivity contribution in [3.8, 4) is 0 Å². The second kappa shape index (κ2) is 14.4. The van der Waals surface area contributed by atoms with E-state index in [1.807, 2.05) is 13.0 Å². The molecule has 0 aromatic heterocycles. The number of nitrogens with zero attached hydrogens (tertiary/aromatic N) is 2. The van der Waals surface area contributed by atoms with Crippen LogP contribution in [0.3, 0.4) is 0 Å². The molecule has 2 aromatic carbocycles. The molecule has 0 atom stereocenters. The van der Waals surface area contributed by atoms with Crippen LogP contribution in [-0.2, 0) is 35.7 Å². The van der Waals surface area contributed by atoms with E-state index in [4.69, 9.17) is 9.47 Å². The highest BCUT2D eigenvalue weighted by Gasteiger charge is 2.13. The third kappa shape index (κ3) is 8.31. The summed E-state index contributed by atoms with van der Waals surface area (Å²) in [7, 11) is 1.56. The van der Waals surface area contributed by atoms with Crippen LogP contribution in [0.2, 0.25) is 0 Å². The van der Waals surface area contributed by atoms with Crippen molar-refractivity contribution in [2.24, 2.45) is 4.99 Å². The minimum absolute atomic E-state index is 0. The Bertz CT molecular complexity index is 860. The molecule has 1 aliphatic heterocycles. The Morgan fingerprint density at radius 3 is 2.56 bits per heavy atom. The maximum absolute atomic E-state index is 13.8. The molecule has 0 spiro atoms. The van der Waals surface area contributed by atoms with Gasteiger partial charge in [-0.05, 0) is 35.7 Å². The van der Waals surface area contributed by atoms with Gasteiger partial charge in [-0.3, -0.25) is 4.90 Å². The van der Waals surface area contributed by atoms with Gasteiger partial charge in [0.25, 0.3) is 0 Å². The van der Waals surface area contributed by atoms with Crippen molar-refractivity contribution in [2.45, 2.75) is 33.2 Å². The van der Waals surface area contributed by atoms with Gasteiger partial charge >= 0.3 is 0 Å². The molecule has 0 saturated carbocycles. The molecule has 6 nitrogen and oxygen atoms in total. The number of hydrogen-bond donors (Lipinski definition) is 2. The van der Waals surface area contributed by atoms with Crippen molar-refractivity contribution >= 4 is 29.9 Å². The lowest BCUT2D eigenvalue weighted by Gasteiger charge is -2.27. The summed E-state index contributed by atoms with van der Waals surface area (Å²) in [6.07, 6.45) is 0. The number of hydrogen-bond acceptors (Lipinski definition) is 4. The first-order chi connectivity index (χ1) is 15.2. The Morgan fingerprint density at radius 1 is 1.09 bits per heavy atom. The Labute approximate surface area is 207 Å². The summed E-state index contributed by atoms with van der Waals surface area (Å²) in [5.41, 5.74) is 4.06. The largest absolute Gasteiger partial charge is 0.380 e. The van der Waals surface area contributed by atoms with Gasteiger partial charge < -0.3 is 20.1 Å². The van der Waals surface area contributed by atoms with Gasteiger partial charge in [-0.25, -0.2) is 9.38 Å². The third-order valence-corrected chi connectivity index (χ3v) is 5.24. The van der Waals surface area contributed by atoms with Crippen molar-refractivity contribution in [1.82, 2.24) is 15.5 Å². The monoisotopic (exact) mass is 556 g/mol. The second-order valence-corrected chi connectivity index (χ2v) is 7.56. The van der Waals surface area contributed by atoms with Crippen molar-refractivity contribution in [3.63, 3.8) is 0 Å². The van der Waals surface area contributed by atoms with E-state index in [9.17, 15) is 4.39 Å². The Kier molecular flexibility index (Phi) is 11.9. The van der Waals surface area contributed by atoms with Crippen LogP contribution in [0.25, 0.3) is 0 Å². The van der Waals surface area contributed by atoms with Crippen LogP contribution < -0.4 is 10.6 Å². The molecule has 0 bridgehead atoms. The molecule has 1 fully saturated rings. The Morgan fingerprint density at radius 2 is 1.84 bits per heavy atom. The van der Waals surface area contributed by atoms with Gasteiger partial charge in [0.15, 0.2) is 5.96 Å². The molecule has 0 aliphatic carbocycles. The fraction of sp³-hybridized carbons (Fsp3) is 0.458. The van der Waals surface area contributed by atoms with Crippen LogP contribution in [-0.4, -0.2) is 50.8 Å². The number of nitrogens with one attached hydrogen (secondary N) is 2. The number of morpholine rings is 1. The average Bonchev–Trinajstić information content (AvgIpc) is 2.79. The molecular weight excluding hydrogens is 522 g/mol. The second-order valence-electron chi connectivity index (χ2n) is 7.56. The normalized spacial score (nSPS) is 14.7. The van der Waals surface area contributed by atoms with Crippen LogP contribution in [0.4, 0.5) is 4.39 Å². The van der Waals surface area contributed by atoms with Crippen LogP contribution in [0, 0.1) is 5.82 Å². The van der Waals surface area contributed by atoms with Gasteiger partial charge in [0, 0.05) is 45.4 Å². The molecule has 0 radical (unpaired) electrons. The standard InChI is InChI=1S/C24H33FN4O2.HI/c1-3-26-24(27-15-19-8-9-23(25)22(14-19)18-30-2)28-16-20-6-4-5-7-21(20)17-29-10-12-31-13-11-29;/h4-9,14H,3,10-13,15-18H2,1-2H3,(H2,26,27,28);1H. The third-order valence-electron chi connectivity index (χ3n) is 5.24. The van der Waals surface area contributed by atoms with Crippen molar-refractivity contribution in [3.05, 3.63) is 70.5 Å². The van der Waals surface area contributed by atoms with Crippen molar-refractivity contribution < 1.29 is 13.9 Å². The predicted octanol–water partition coefficient (Wildman–Crippen LogP) is 3.68. The number of methoxy groups -OCH3 is 1. The molecule has 0 amide bonds. The summed E-state index contributed by atoms with van der Waals surface area (Å²) in [5, 5.41) is 6.72. The summed E-state index contributed by atoms with van der Waals surface area (Å²) < 4.78 is 24.4. The number of aliphatic imine (C=N–C) groups is 1. The van der Waals surface area contributed by atoms with E-state index in [0.717, 1.165) is 50.9 Å². The number of halogens is 2. The van der Waals surface area contributed by atoms with Gasteiger partial charge in [0.1, 0.15) is 5.82 Å². The molecule has 1 aliphatic rings. The minimum Gasteiger partial charge on any atom is -0.380 e. The summed E-state index contributed by atoms with van der Waals surface area (Å²) in [6.45, 7) is 8.65. The SMILES string of the molecule is CCNC(=NCc1ccc(F)c(COC)c1)NCc1ccccc1CN1CCOCC1.I. The molecule has 176 valence electrons. The lowest BCUT2D eigenvalue weighted by Crippen LogP contribution is -2.38. The highest BCUT2D eigenvalue weighted by Crippen LogP contribution is 2.14. The molecule has 2 aromatic rings. The smallest absolute Gasteiger partial charge is 0.191 e.